The maximum absolute atomic E-state index is 14.5. The number of carbonyl (C=O) groups is 1. The third-order valence-corrected chi connectivity index (χ3v) is 5.98. The molecule has 1 fully saturated rings. The van der Waals surface area contributed by atoms with E-state index in [4.69, 9.17) is 5.73 Å². The van der Waals surface area contributed by atoms with Gasteiger partial charge in [0.05, 0.1) is 5.56 Å². The summed E-state index contributed by atoms with van der Waals surface area (Å²) in [6.07, 6.45) is -7.03. The van der Waals surface area contributed by atoms with E-state index in [0.29, 0.717) is 24.2 Å². The van der Waals surface area contributed by atoms with Gasteiger partial charge in [0.2, 0.25) is 0 Å². The first-order valence-corrected chi connectivity index (χ1v) is 10.6. The third-order valence-electron chi connectivity index (χ3n) is 5.98. The van der Waals surface area contributed by atoms with Crippen molar-refractivity contribution in [2.45, 2.75) is 37.2 Å². The molecular weight excluding hydrogens is 462 g/mol. The van der Waals surface area contributed by atoms with E-state index in [1.807, 2.05) is 0 Å². The van der Waals surface area contributed by atoms with Gasteiger partial charge in [0, 0.05) is 12.2 Å². The van der Waals surface area contributed by atoms with Gasteiger partial charge in [0.15, 0.2) is 5.54 Å². The first-order chi connectivity index (χ1) is 15.9. The van der Waals surface area contributed by atoms with Crippen molar-refractivity contribution in [3.05, 3.63) is 76.5 Å². The lowest BCUT2D eigenvalue weighted by atomic mass is 9.83. The van der Waals surface area contributed by atoms with Crippen LogP contribution in [-0.2, 0) is 22.9 Å². The Labute approximate surface area is 191 Å². The summed E-state index contributed by atoms with van der Waals surface area (Å²) in [4.78, 5) is 11.6. The Morgan fingerprint density at radius 1 is 1.09 bits per heavy atom. The highest BCUT2D eigenvalue weighted by Gasteiger charge is 2.58. The fourth-order valence-electron chi connectivity index (χ4n) is 3.99. The summed E-state index contributed by atoms with van der Waals surface area (Å²) in [7, 11) is 0. The lowest BCUT2D eigenvalue weighted by molar-refractivity contribution is -0.184. The maximum Gasteiger partial charge on any atom is 0.416 e. The largest absolute Gasteiger partial charge is 0.416 e. The second-order valence-electron chi connectivity index (χ2n) is 8.51. The monoisotopic (exact) mass is 484 g/mol. The van der Waals surface area contributed by atoms with E-state index >= 15 is 0 Å². The number of carbonyl (C=O) groups excluding carboxylic acids is 1. The Balaban J connectivity index is 1.85. The minimum atomic E-state index is -4.91. The minimum Gasteiger partial charge on any atom is -0.385 e. The van der Waals surface area contributed by atoms with E-state index in [9.17, 15) is 31.1 Å². The van der Waals surface area contributed by atoms with Crippen molar-refractivity contribution >= 4 is 11.6 Å². The van der Waals surface area contributed by atoms with Gasteiger partial charge in [-0.15, -0.1) is 0 Å². The number of benzene rings is 2. The number of halogens is 6. The molecule has 5 N–H and O–H groups in total. The molecule has 0 bridgehead atoms. The summed E-state index contributed by atoms with van der Waals surface area (Å²) in [5.74, 6) is -0.685. The van der Waals surface area contributed by atoms with E-state index in [0.717, 1.165) is 25.0 Å². The molecule has 4 rings (SSSR count). The molecule has 1 atom stereocenters. The van der Waals surface area contributed by atoms with Gasteiger partial charge in [-0.25, -0.2) is 5.43 Å². The van der Waals surface area contributed by atoms with Crippen LogP contribution in [0, 0.1) is 5.92 Å². The van der Waals surface area contributed by atoms with Crippen molar-refractivity contribution < 1.29 is 31.1 Å². The van der Waals surface area contributed by atoms with Crippen molar-refractivity contribution in [3.63, 3.8) is 0 Å². The van der Waals surface area contributed by atoms with Crippen LogP contribution in [0.2, 0.25) is 0 Å². The van der Waals surface area contributed by atoms with Crippen molar-refractivity contribution in [2.24, 2.45) is 11.7 Å². The van der Waals surface area contributed by atoms with E-state index < -0.39 is 35.1 Å². The van der Waals surface area contributed by atoms with Gasteiger partial charge in [-0.3, -0.25) is 4.79 Å². The summed E-state index contributed by atoms with van der Waals surface area (Å²) in [5.41, 5.74) is 5.85. The fraction of sp³-hybridized carbons (Fsp3) is 0.348. The number of anilines is 1. The summed E-state index contributed by atoms with van der Waals surface area (Å²) in [5, 5.41) is 3.16. The molecule has 2 aliphatic rings. The van der Waals surface area contributed by atoms with Crippen molar-refractivity contribution in [1.82, 2.24) is 10.9 Å². The predicted octanol–water partition coefficient (Wildman–Crippen LogP) is 4.35. The molecule has 1 aliphatic carbocycles. The normalized spacial score (nSPS) is 20.6. The highest BCUT2D eigenvalue weighted by atomic mass is 19.4. The van der Waals surface area contributed by atoms with Crippen LogP contribution in [0.3, 0.4) is 0 Å². The number of amides is 1. The molecule has 0 aromatic heterocycles. The molecule has 1 amide bonds. The Kier molecular flexibility index (Phi) is 6.01. The maximum atomic E-state index is 14.5. The van der Waals surface area contributed by atoms with Gasteiger partial charge in [-0.05, 0) is 60.1 Å². The van der Waals surface area contributed by atoms with Gasteiger partial charge in [0.25, 0.3) is 5.91 Å². The zero-order valence-corrected chi connectivity index (χ0v) is 17.8. The van der Waals surface area contributed by atoms with E-state index in [-0.39, 0.29) is 23.1 Å². The summed E-state index contributed by atoms with van der Waals surface area (Å²) >= 11 is 0. The van der Waals surface area contributed by atoms with Crippen LogP contribution in [0.5, 0.6) is 0 Å². The highest BCUT2D eigenvalue weighted by molar-refractivity contribution is 5.92. The average molecular weight is 484 g/mol. The first kappa shape index (κ1) is 23.9. The molecule has 0 radical (unpaired) electrons. The van der Waals surface area contributed by atoms with E-state index in [1.165, 1.54) is 24.3 Å². The molecule has 1 aliphatic heterocycles. The first-order valence-electron chi connectivity index (χ1n) is 10.6. The molecule has 2 aromatic rings. The topological polar surface area (TPSA) is 79.2 Å². The van der Waals surface area contributed by atoms with Crippen LogP contribution in [0.4, 0.5) is 32.0 Å². The Morgan fingerprint density at radius 3 is 2.38 bits per heavy atom. The summed E-state index contributed by atoms with van der Waals surface area (Å²) in [6, 6.07) is 8.76. The molecule has 1 heterocycles. The SMILES string of the molecule is NC(=O)C1=CC(c2cccc(NCC3CC3)c2Cc2cccc(C(F)(F)F)c2)(C(F)(F)F)NN1. The minimum absolute atomic E-state index is 0.163. The standard InChI is InChI=1S/C23H22F6N4O/c24-22(25,26)15-4-1-3-14(9-15)10-16-17(5-2-6-18(16)31-12-13-7-8-13)21(23(27,28)29)11-19(20(30)34)32-33-21/h1-6,9,11,13,31-33H,7-8,10,12H2,(H2,30,34). The molecule has 182 valence electrons. The Bertz CT molecular complexity index is 1120. The zero-order chi connectivity index (χ0) is 24.7. The molecule has 2 aromatic carbocycles. The molecular formula is C23H22F6N4O. The van der Waals surface area contributed by atoms with Crippen molar-refractivity contribution in [1.29, 1.82) is 0 Å². The Hall–Kier alpha value is -3.21. The van der Waals surface area contributed by atoms with Gasteiger partial charge in [-0.1, -0.05) is 30.3 Å². The second kappa shape index (κ2) is 8.53. The van der Waals surface area contributed by atoms with E-state index in [1.54, 1.807) is 6.07 Å². The molecule has 1 saturated carbocycles. The van der Waals surface area contributed by atoms with Gasteiger partial charge in [-0.2, -0.15) is 26.3 Å². The highest BCUT2D eigenvalue weighted by Crippen LogP contribution is 2.45. The number of nitrogens with one attached hydrogen (secondary N) is 3. The molecule has 11 heteroatoms. The van der Waals surface area contributed by atoms with Gasteiger partial charge in [0.1, 0.15) is 5.70 Å². The molecule has 0 spiro atoms. The average Bonchev–Trinajstić information content (AvgIpc) is 3.46. The van der Waals surface area contributed by atoms with Crippen LogP contribution < -0.4 is 21.9 Å². The van der Waals surface area contributed by atoms with Crippen molar-refractivity contribution in [2.75, 3.05) is 11.9 Å². The summed E-state index contributed by atoms with van der Waals surface area (Å²) < 4.78 is 83.1. The van der Waals surface area contributed by atoms with Gasteiger partial charge >= 0.3 is 12.4 Å². The van der Waals surface area contributed by atoms with Crippen LogP contribution >= 0.6 is 0 Å². The second-order valence-corrected chi connectivity index (χ2v) is 8.51. The summed E-state index contributed by atoms with van der Waals surface area (Å²) in [6.45, 7) is 0.534. The smallest absolute Gasteiger partial charge is 0.385 e. The van der Waals surface area contributed by atoms with E-state index in [2.05, 4.69) is 16.2 Å². The number of alkyl halides is 6. The van der Waals surface area contributed by atoms with Crippen LogP contribution in [0.1, 0.15) is 35.1 Å². The van der Waals surface area contributed by atoms with Crippen LogP contribution in [0.25, 0.3) is 0 Å². The number of primary amides is 1. The lowest BCUT2D eigenvalue weighted by Crippen LogP contribution is -2.53. The molecule has 34 heavy (non-hydrogen) atoms. The molecule has 5 nitrogen and oxygen atoms in total. The third kappa shape index (κ3) is 4.70. The lowest BCUT2D eigenvalue weighted by Gasteiger charge is -2.33. The van der Waals surface area contributed by atoms with Crippen molar-refractivity contribution in [3.8, 4) is 0 Å². The number of nitrogens with two attached hydrogens (primary N) is 1. The number of hydrazine groups is 1. The molecule has 1 unspecified atom stereocenters. The van der Waals surface area contributed by atoms with Crippen LogP contribution in [-0.4, -0.2) is 18.6 Å². The van der Waals surface area contributed by atoms with Gasteiger partial charge < -0.3 is 16.5 Å². The number of hydrogen-bond donors (Lipinski definition) is 4. The fourth-order valence-corrected chi connectivity index (χ4v) is 3.99. The zero-order valence-electron chi connectivity index (χ0n) is 17.8. The number of rotatable bonds is 7. The molecule has 0 saturated heterocycles. The Morgan fingerprint density at radius 2 is 1.79 bits per heavy atom. The predicted molar refractivity (Wildman–Crippen MR) is 113 cm³/mol. The number of hydrogen-bond acceptors (Lipinski definition) is 4. The van der Waals surface area contributed by atoms with Crippen LogP contribution in [0.15, 0.2) is 54.2 Å². The quantitative estimate of drug-likeness (QED) is 0.441.